The van der Waals surface area contributed by atoms with Gasteiger partial charge in [-0.25, -0.2) is 0 Å². The van der Waals surface area contributed by atoms with Gasteiger partial charge in [-0.15, -0.1) is 0 Å². The summed E-state index contributed by atoms with van der Waals surface area (Å²) in [6.45, 7) is 4.90. The summed E-state index contributed by atoms with van der Waals surface area (Å²) in [5.74, 6) is 0.851. The molecule has 1 heterocycles. The maximum absolute atomic E-state index is 8.99. The molecule has 0 bridgehead atoms. The molecule has 1 aliphatic heterocycles. The Balaban J connectivity index is 2.38. The highest BCUT2D eigenvalue weighted by Crippen LogP contribution is 2.28. The highest BCUT2D eigenvalue weighted by molar-refractivity contribution is 4.86. The summed E-state index contributed by atoms with van der Waals surface area (Å²) < 4.78 is 0. The van der Waals surface area contributed by atoms with Crippen LogP contribution in [0.1, 0.15) is 71.6 Å². The number of rotatable bonds is 8. The minimum absolute atomic E-state index is 0.344. The van der Waals surface area contributed by atoms with E-state index >= 15 is 0 Å². The molecule has 1 aliphatic rings. The van der Waals surface area contributed by atoms with Crippen LogP contribution in [0.2, 0.25) is 0 Å². The predicted molar refractivity (Wildman–Crippen MR) is 74.2 cm³/mol. The third kappa shape index (κ3) is 5.39. The van der Waals surface area contributed by atoms with Crippen LogP contribution in [0.4, 0.5) is 0 Å². The van der Waals surface area contributed by atoms with Crippen molar-refractivity contribution in [3.63, 3.8) is 0 Å². The average molecular weight is 241 g/mol. The molecule has 0 saturated carbocycles. The van der Waals surface area contributed by atoms with Gasteiger partial charge >= 0.3 is 0 Å². The summed E-state index contributed by atoms with van der Waals surface area (Å²) >= 11 is 0. The van der Waals surface area contributed by atoms with Gasteiger partial charge in [-0.3, -0.25) is 0 Å². The fourth-order valence-electron chi connectivity index (χ4n) is 3.16. The second-order valence-corrected chi connectivity index (χ2v) is 5.60. The number of aliphatic hydroxyl groups is 1. The average Bonchev–Trinajstić information content (AvgIpc) is 2.36. The number of nitrogens with one attached hydrogen (secondary N) is 1. The van der Waals surface area contributed by atoms with Crippen molar-refractivity contribution in [3.05, 3.63) is 0 Å². The van der Waals surface area contributed by atoms with Crippen LogP contribution in [0.5, 0.6) is 0 Å². The van der Waals surface area contributed by atoms with Gasteiger partial charge in [0.15, 0.2) is 0 Å². The van der Waals surface area contributed by atoms with Crippen molar-refractivity contribution in [2.24, 2.45) is 5.92 Å². The molecule has 102 valence electrons. The summed E-state index contributed by atoms with van der Waals surface area (Å²) in [5.41, 5.74) is 0. The summed E-state index contributed by atoms with van der Waals surface area (Å²) in [5, 5.41) is 12.8. The molecule has 17 heavy (non-hydrogen) atoms. The highest BCUT2D eigenvalue weighted by atomic mass is 16.2. The molecule has 3 atom stereocenters. The summed E-state index contributed by atoms with van der Waals surface area (Å²) in [4.78, 5) is 0. The maximum atomic E-state index is 8.99. The first-order chi connectivity index (χ1) is 8.31. The first-order valence-electron chi connectivity index (χ1n) is 7.68. The lowest BCUT2D eigenvalue weighted by molar-refractivity contribution is 0.185. The van der Waals surface area contributed by atoms with Gasteiger partial charge in [-0.1, -0.05) is 33.1 Å². The van der Waals surface area contributed by atoms with Gasteiger partial charge in [0, 0.05) is 18.7 Å². The monoisotopic (exact) mass is 241 g/mol. The largest absolute Gasteiger partial charge is 0.396 e. The van der Waals surface area contributed by atoms with Gasteiger partial charge in [0.05, 0.1) is 0 Å². The van der Waals surface area contributed by atoms with E-state index in [0.29, 0.717) is 12.6 Å². The third-order valence-corrected chi connectivity index (χ3v) is 4.14. The molecular formula is C15H31NO. The molecule has 0 aromatic heterocycles. The molecule has 0 aromatic carbocycles. The van der Waals surface area contributed by atoms with Crippen LogP contribution in [-0.2, 0) is 0 Å². The molecule has 2 nitrogen and oxygen atoms in total. The molecule has 2 N–H and O–H groups in total. The molecule has 0 aliphatic carbocycles. The van der Waals surface area contributed by atoms with Crippen LogP contribution in [-0.4, -0.2) is 23.8 Å². The molecule has 0 amide bonds. The minimum atomic E-state index is 0.344. The van der Waals surface area contributed by atoms with E-state index in [9.17, 15) is 0 Å². The molecule has 0 aromatic rings. The van der Waals surface area contributed by atoms with Crippen molar-refractivity contribution in [1.29, 1.82) is 0 Å². The zero-order chi connectivity index (χ0) is 12.5. The van der Waals surface area contributed by atoms with Crippen molar-refractivity contribution in [3.8, 4) is 0 Å². The van der Waals surface area contributed by atoms with Crippen molar-refractivity contribution in [1.82, 2.24) is 5.32 Å². The predicted octanol–water partition coefficient (Wildman–Crippen LogP) is 3.49. The van der Waals surface area contributed by atoms with Crippen LogP contribution in [0, 0.1) is 5.92 Å². The van der Waals surface area contributed by atoms with Crippen LogP contribution >= 0.6 is 0 Å². The Labute approximate surface area is 107 Å². The Hall–Kier alpha value is -0.0800. The number of hydrogen-bond donors (Lipinski definition) is 2. The normalized spacial score (nSPS) is 29.5. The Morgan fingerprint density at radius 3 is 2.47 bits per heavy atom. The summed E-state index contributed by atoms with van der Waals surface area (Å²) in [6.07, 6.45) is 11.5. The second-order valence-electron chi connectivity index (χ2n) is 5.60. The molecule has 0 radical (unpaired) electrons. The summed E-state index contributed by atoms with van der Waals surface area (Å²) in [6, 6.07) is 1.41. The highest BCUT2D eigenvalue weighted by Gasteiger charge is 2.28. The van der Waals surface area contributed by atoms with E-state index in [-0.39, 0.29) is 0 Å². The number of aliphatic hydroxyl groups excluding tert-OH is 1. The van der Waals surface area contributed by atoms with Crippen molar-refractivity contribution in [2.45, 2.75) is 83.7 Å². The quantitative estimate of drug-likeness (QED) is 0.682. The van der Waals surface area contributed by atoms with Crippen LogP contribution in [0.25, 0.3) is 0 Å². The molecule has 1 fully saturated rings. The van der Waals surface area contributed by atoms with Gasteiger partial charge < -0.3 is 10.4 Å². The Kier molecular flexibility index (Phi) is 7.87. The minimum Gasteiger partial charge on any atom is -0.396 e. The number of hydrogen-bond acceptors (Lipinski definition) is 2. The van der Waals surface area contributed by atoms with Crippen molar-refractivity contribution >= 4 is 0 Å². The lowest BCUT2D eigenvalue weighted by atomic mass is 9.81. The first kappa shape index (κ1) is 15.0. The second kappa shape index (κ2) is 8.93. The van der Waals surface area contributed by atoms with Gasteiger partial charge in [0.1, 0.15) is 0 Å². The standard InChI is InChI=1S/C15H31NO/c1-3-5-8-14-11-10-13(7-4-2)15(16-14)9-6-12-17/h13-17H,3-12H2,1-2H3/t13-,14-,15+/m1/s1. The molecular weight excluding hydrogens is 210 g/mol. The molecule has 1 rings (SSSR count). The molecule has 0 unspecified atom stereocenters. The van der Waals surface area contributed by atoms with Gasteiger partial charge in [0.25, 0.3) is 0 Å². The lowest BCUT2D eigenvalue weighted by Crippen LogP contribution is -2.47. The SMILES string of the molecule is CCCC[C@@H]1CC[C@@H](CCC)[C@H](CCCO)N1. The smallest absolute Gasteiger partial charge is 0.0431 e. The van der Waals surface area contributed by atoms with E-state index < -0.39 is 0 Å². The Morgan fingerprint density at radius 2 is 1.82 bits per heavy atom. The van der Waals surface area contributed by atoms with Gasteiger partial charge in [0.2, 0.25) is 0 Å². The van der Waals surface area contributed by atoms with Crippen LogP contribution in [0.3, 0.4) is 0 Å². The zero-order valence-corrected chi connectivity index (χ0v) is 11.8. The van der Waals surface area contributed by atoms with E-state index in [4.69, 9.17) is 5.11 Å². The maximum Gasteiger partial charge on any atom is 0.0431 e. The van der Waals surface area contributed by atoms with Gasteiger partial charge in [-0.2, -0.15) is 0 Å². The third-order valence-electron chi connectivity index (χ3n) is 4.14. The van der Waals surface area contributed by atoms with Gasteiger partial charge in [-0.05, 0) is 44.4 Å². The molecule has 2 heteroatoms. The molecule has 0 spiro atoms. The van der Waals surface area contributed by atoms with Crippen LogP contribution < -0.4 is 5.32 Å². The van der Waals surface area contributed by atoms with Crippen molar-refractivity contribution < 1.29 is 5.11 Å². The summed E-state index contributed by atoms with van der Waals surface area (Å²) in [7, 11) is 0. The van der Waals surface area contributed by atoms with E-state index in [0.717, 1.165) is 24.8 Å². The molecule has 1 saturated heterocycles. The fourth-order valence-corrected chi connectivity index (χ4v) is 3.16. The first-order valence-corrected chi connectivity index (χ1v) is 7.68. The zero-order valence-electron chi connectivity index (χ0n) is 11.8. The number of unbranched alkanes of at least 4 members (excludes halogenated alkanes) is 1. The van der Waals surface area contributed by atoms with Crippen molar-refractivity contribution in [2.75, 3.05) is 6.61 Å². The topological polar surface area (TPSA) is 32.3 Å². The Bertz CT molecular complexity index is 184. The Morgan fingerprint density at radius 1 is 1.00 bits per heavy atom. The fraction of sp³-hybridized carbons (Fsp3) is 1.00. The van der Waals surface area contributed by atoms with Crippen LogP contribution in [0.15, 0.2) is 0 Å². The van der Waals surface area contributed by atoms with E-state index in [1.807, 2.05) is 0 Å². The number of piperidine rings is 1. The van der Waals surface area contributed by atoms with E-state index in [1.165, 1.54) is 44.9 Å². The van der Waals surface area contributed by atoms with E-state index in [1.54, 1.807) is 0 Å². The van der Waals surface area contributed by atoms with E-state index in [2.05, 4.69) is 19.2 Å². The lowest BCUT2D eigenvalue weighted by Gasteiger charge is -2.38.